The molecular weight excluding hydrogens is 156 g/mol. The summed E-state index contributed by atoms with van der Waals surface area (Å²) in [6, 6.07) is 0. The Kier molecular flexibility index (Phi) is 7.33. The minimum atomic E-state index is -0.457. The largest absolute Gasteiger partial charge is 0.303 e. The summed E-state index contributed by atoms with van der Waals surface area (Å²) in [5.74, 6) is -0.457. The van der Waals surface area contributed by atoms with Gasteiger partial charge in [0.05, 0.1) is 13.0 Å². The van der Waals surface area contributed by atoms with Gasteiger partial charge >= 0.3 is 0 Å². The lowest BCUT2D eigenvalue weighted by molar-refractivity contribution is -0.121. The van der Waals surface area contributed by atoms with Crippen LogP contribution in [-0.2, 0) is 9.59 Å². The van der Waals surface area contributed by atoms with Crippen LogP contribution in [0.4, 0.5) is 0 Å². The molecule has 0 aromatic carbocycles. The van der Waals surface area contributed by atoms with Crippen molar-refractivity contribution in [3.8, 4) is 0 Å². The first-order valence-corrected chi connectivity index (χ1v) is 4.15. The zero-order chi connectivity index (χ0) is 9.23. The van der Waals surface area contributed by atoms with Gasteiger partial charge in [-0.2, -0.15) is 5.11 Å². The van der Waals surface area contributed by atoms with E-state index in [4.69, 9.17) is 0 Å². The van der Waals surface area contributed by atoms with E-state index in [2.05, 4.69) is 17.2 Å². The van der Waals surface area contributed by atoms with Crippen LogP contribution >= 0.6 is 0 Å². The Labute approximate surface area is 72.1 Å². The number of hydrogen-bond donors (Lipinski definition) is 0. The number of nitrogens with zero attached hydrogens (tertiary/aromatic N) is 2. The van der Waals surface area contributed by atoms with Gasteiger partial charge in [0.2, 0.25) is 0 Å². The van der Waals surface area contributed by atoms with Crippen molar-refractivity contribution in [1.82, 2.24) is 0 Å². The van der Waals surface area contributed by atoms with Gasteiger partial charge in [-0.05, 0) is 6.42 Å². The van der Waals surface area contributed by atoms with Crippen LogP contribution in [0, 0.1) is 0 Å². The van der Waals surface area contributed by atoms with Crippen molar-refractivity contribution < 1.29 is 9.59 Å². The number of azo groups is 1. The van der Waals surface area contributed by atoms with Crippen molar-refractivity contribution in [2.24, 2.45) is 10.2 Å². The average molecular weight is 170 g/mol. The predicted octanol–water partition coefficient (Wildman–Crippen LogP) is 1.74. The molecule has 0 unspecified atom stereocenters. The third kappa shape index (κ3) is 7.05. The Morgan fingerprint density at radius 3 is 2.75 bits per heavy atom. The number of amides is 1. The van der Waals surface area contributed by atoms with Gasteiger partial charge in [0.1, 0.15) is 6.29 Å². The molecule has 0 aliphatic rings. The van der Waals surface area contributed by atoms with Crippen LogP contribution in [0.3, 0.4) is 0 Å². The van der Waals surface area contributed by atoms with Gasteiger partial charge in [-0.1, -0.05) is 19.8 Å². The van der Waals surface area contributed by atoms with E-state index in [-0.39, 0.29) is 6.42 Å². The second-order valence-electron chi connectivity index (χ2n) is 2.44. The van der Waals surface area contributed by atoms with Gasteiger partial charge in [0.15, 0.2) is 0 Å². The standard InChI is InChI=1S/C8H14N2O2/c1-2-3-4-6-9-10-8(12)5-7-11/h7H,2-6H2,1H3. The lowest BCUT2D eigenvalue weighted by Crippen LogP contribution is -1.92. The molecule has 4 heteroatoms. The summed E-state index contributed by atoms with van der Waals surface area (Å²) >= 11 is 0. The third-order valence-corrected chi connectivity index (χ3v) is 1.30. The summed E-state index contributed by atoms with van der Waals surface area (Å²) in [5, 5.41) is 6.98. The number of rotatable bonds is 6. The summed E-state index contributed by atoms with van der Waals surface area (Å²) in [6.45, 7) is 2.67. The maximum Gasteiger partial charge on any atom is 0.271 e. The van der Waals surface area contributed by atoms with E-state index in [9.17, 15) is 9.59 Å². The first-order chi connectivity index (χ1) is 5.81. The van der Waals surface area contributed by atoms with Gasteiger partial charge in [0.25, 0.3) is 5.91 Å². The molecule has 0 N–H and O–H groups in total. The van der Waals surface area contributed by atoms with E-state index in [0.29, 0.717) is 12.8 Å². The van der Waals surface area contributed by atoms with Crippen molar-refractivity contribution in [3.05, 3.63) is 0 Å². The fraction of sp³-hybridized carbons (Fsp3) is 0.750. The molecule has 0 rings (SSSR count). The Morgan fingerprint density at radius 2 is 2.17 bits per heavy atom. The summed E-state index contributed by atoms with van der Waals surface area (Å²) in [4.78, 5) is 20.4. The van der Waals surface area contributed by atoms with Gasteiger partial charge < -0.3 is 4.79 Å². The molecule has 0 atom stereocenters. The van der Waals surface area contributed by atoms with Gasteiger partial charge in [-0.15, -0.1) is 5.11 Å². The third-order valence-electron chi connectivity index (χ3n) is 1.30. The van der Waals surface area contributed by atoms with Crippen LogP contribution in [0.15, 0.2) is 10.2 Å². The first kappa shape index (κ1) is 10.9. The van der Waals surface area contributed by atoms with Gasteiger partial charge in [-0.25, -0.2) is 0 Å². The Balaban J connectivity index is 3.34. The lowest BCUT2D eigenvalue weighted by atomic mass is 10.3. The summed E-state index contributed by atoms with van der Waals surface area (Å²) in [7, 11) is 0. The highest BCUT2D eigenvalue weighted by Crippen LogP contribution is 1.94. The minimum absolute atomic E-state index is 0.155. The SMILES string of the molecule is CCCCCN=NC(=O)CC=O. The predicted molar refractivity (Wildman–Crippen MR) is 44.9 cm³/mol. The smallest absolute Gasteiger partial charge is 0.271 e. The van der Waals surface area contributed by atoms with Crippen LogP contribution in [0.2, 0.25) is 0 Å². The maximum atomic E-state index is 10.6. The van der Waals surface area contributed by atoms with Crippen molar-refractivity contribution in [1.29, 1.82) is 0 Å². The Bertz CT molecular complexity index is 166. The fourth-order valence-corrected chi connectivity index (χ4v) is 0.673. The Morgan fingerprint density at radius 1 is 1.42 bits per heavy atom. The molecule has 0 aromatic rings. The summed E-state index contributed by atoms with van der Waals surface area (Å²) in [5.41, 5.74) is 0. The van der Waals surface area contributed by atoms with Crippen molar-refractivity contribution in [3.63, 3.8) is 0 Å². The topological polar surface area (TPSA) is 58.9 Å². The molecule has 4 nitrogen and oxygen atoms in total. The molecule has 0 fully saturated rings. The molecule has 0 bridgehead atoms. The number of aldehydes is 1. The van der Waals surface area contributed by atoms with Crippen LogP contribution < -0.4 is 0 Å². The van der Waals surface area contributed by atoms with E-state index in [1.807, 2.05) is 0 Å². The fourth-order valence-electron chi connectivity index (χ4n) is 0.673. The zero-order valence-electron chi connectivity index (χ0n) is 7.32. The molecule has 0 saturated carbocycles. The molecule has 68 valence electrons. The quantitative estimate of drug-likeness (QED) is 0.264. The lowest BCUT2D eigenvalue weighted by Gasteiger charge is -1.89. The normalized spacial score (nSPS) is 10.4. The van der Waals surface area contributed by atoms with Gasteiger partial charge in [0, 0.05) is 0 Å². The molecule has 0 aliphatic carbocycles. The highest BCUT2D eigenvalue weighted by atomic mass is 16.2. The molecule has 12 heavy (non-hydrogen) atoms. The summed E-state index contributed by atoms with van der Waals surface area (Å²) < 4.78 is 0. The molecule has 0 radical (unpaired) electrons. The number of unbranched alkanes of at least 4 members (excludes halogenated alkanes) is 2. The molecular formula is C8H14N2O2. The first-order valence-electron chi connectivity index (χ1n) is 4.15. The molecule has 1 amide bonds. The van der Waals surface area contributed by atoms with Crippen LogP contribution in [-0.4, -0.2) is 18.7 Å². The van der Waals surface area contributed by atoms with Crippen LogP contribution in [0.1, 0.15) is 32.6 Å². The molecule has 0 aromatic heterocycles. The van der Waals surface area contributed by atoms with Crippen LogP contribution in [0.25, 0.3) is 0 Å². The van der Waals surface area contributed by atoms with Crippen LogP contribution in [0.5, 0.6) is 0 Å². The number of carbonyl (C=O) groups is 2. The highest BCUT2D eigenvalue weighted by molar-refractivity contribution is 5.88. The van der Waals surface area contributed by atoms with E-state index >= 15 is 0 Å². The minimum Gasteiger partial charge on any atom is -0.303 e. The van der Waals surface area contributed by atoms with Crippen molar-refractivity contribution >= 4 is 12.2 Å². The van der Waals surface area contributed by atoms with Crippen molar-refractivity contribution in [2.45, 2.75) is 32.6 Å². The van der Waals surface area contributed by atoms with E-state index in [0.717, 1.165) is 19.3 Å². The van der Waals surface area contributed by atoms with Gasteiger partial charge in [-0.3, -0.25) is 4.79 Å². The van der Waals surface area contributed by atoms with E-state index in [1.54, 1.807) is 0 Å². The van der Waals surface area contributed by atoms with E-state index < -0.39 is 5.91 Å². The number of carbonyl (C=O) groups excluding carboxylic acids is 2. The number of hydrogen-bond acceptors (Lipinski definition) is 3. The monoisotopic (exact) mass is 170 g/mol. The second-order valence-corrected chi connectivity index (χ2v) is 2.44. The molecule has 0 aliphatic heterocycles. The zero-order valence-corrected chi connectivity index (χ0v) is 7.32. The molecule has 0 spiro atoms. The molecule has 0 heterocycles. The van der Waals surface area contributed by atoms with E-state index in [1.165, 1.54) is 0 Å². The maximum absolute atomic E-state index is 10.6. The average Bonchev–Trinajstić information content (AvgIpc) is 2.05. The highest BCUT2D eigenvalue weighted by Gasteiger charge is 1.94. The second kappa shape index (κ2) is 8.04. The Hall–Kier alpha value is -1.06. The molecule has 0 saturated heterocycles. The van der Waals surface area contributed by atoms with Crippen molar-refractivity contribution in [2.75, 3.05) is 6.54 Å². The summed E-state index contributed by atoms with van der Waals surface area (Å²) in [6.07, 6.45) is 3.55.